The summed E-state index contributed by atoms with van der Waals surface area (Å²) >= 11 is 8.52. The van der Waals surface area contributed by atoms with Crippen LogP contribution in [-0.2, 0) is 6.54 Å². The number of carboxylic acid groups (broad SMARTS) is 1. The molecule has 1 fully saturated rings. The number of carbonyl (C=O) groups is 2. The highest BCUT2D eigenvalue weighted by molar-refractivity contribution is 7.19. The molecule has 2 N–H and O–H groups in total. The monoisotopic (exact) mass is 549 g/mol. The lowest BCUT2D eigenvalue weighted by Gasteiger charge is -2.34. The quantitative estimate of drug-likeness (QED) is 0.302. The predicted octanol–water partition coefficient (Wildman–Crippen LogP) is 5.18. The van der Waals surface area contributed by atoms with Crippen LogP contribution in [-0.4, -0.2) is 61.9 Å². The van der Waals surface area contributed by atoms with E-state index in [1.807, 2.05) is 6.07 Å². The van der Waals surface area contributed by atoms with Crippen LogP contribution in [0, 0.1) is 0 Å². The van der Waals surface area contributed by atoms with Crippen molar-refractivity contribution >= 4 is 57.4 Å². The second-order valence-electron chi connectivity index (χ2n) is 8.81. The normalized spacial score (nSPS) is 15.1. The fourth-order valence-electron chi connectivity index (χ4n) is 4.31. The Morgan fingerprint density at radius 3 is 2.78 bits per heavy atom. The van der Waals surface area contributed by atoms with Crippen LogP contribution in [0.25, 0.3) is 21.7 Å². The number of likely N-dealkylation sites (tertiary alicyclic amines) is 1. The minimum atomic E-state index is -1.44. The van der Waals surface area contributed by atoms with Crippen molar-refractivity contribution in [2.24, 2.45) is 0 Å². The minimum Gasteiger partial charge on any atom is -0.449 e. The molecule has 5 heterocycles. The maximum atomic E-state index is 13.4. The number of nitrogens with zero attached hydrogens (tertiary/aromatic N) is 4. The molecule has 0 saturated carbocycles. The summed E-state index contributed by atoms with van der Waals surface area (Å²) in [6, 6.07) is 5.93. The summed E-state index contributed by atoms with van der Waals surface area (Å²) in [6.07, 6.45) is 0.260. The average Bonchev–Trinajstić information content (AvgIpc) is 3.61. The number of nitrogens with one attached hydrogen (secondary N) is 1. The zero-order chi connectivity index (χ0) is 25.4. The number of hydrogen-bond donors (Lipinski definition) is 2. The van der Waals surface area contributed by atoms with Crippen LogP contribution >= 0.6 is 34.3 Å². The Labute approximate surface area is 219 Å². The number of rotatable bonds is 7. The summed E-state index contributed by atoms with van der Waals surface area (Å²) in [5.41, 5.74) is 1.48. The molecule has 1 aliphatic heterocycles. The fraction of sp³-hybridized carbons (Fsp3) is 0.391. The SMILES string of the molecule is CC(C)N1CCC(NC(=O)c2nc3c(OC(=O)O)scc3n2Cc2cc(-c3ccc(Cl)s3)on2)CC1. The van der Waals surface area contributed by atoms with Crippen molar-refractivity contribution in [3.63, 3.8) is 0 Å². The third kappa shape index (κ3) is 5.12. The standard InChI is InChI=1S/C23H24ClN5O5S2/c1-12(2)28-7-5-13(6-8-28)25-21(30)20-26-19-15(11-35-22(19)33-23(31)32)29(20)10-14-9-16(34-27-14)17-3-4-18(24)36-17/h3-4,9,11-13H,5-8,10H2,1-2H3,(H,25,30)(H,31,32). The van der Waals surface area contributed by atoms with Gasteiger partial charge in [-0.25, -0.2) is 9.78 Å². The molecule has 0 unspecified atom stereocenters. The fourth-order valence-corrected chi connectivity index (χ4v) is 6.14. The molecule has 0 bridgehead atoms. The summed E-state index contributed by atoms with van der Waals surface area (Å²) in [7, 11) is 0. The molecule has 1 saturated heterocycles. The number of hydrogen-bond acceptors (Lipinski definition) is 9. The zero-order valence-electron chi connectivity index (χ0n) is 19.6. The van der Waals surface area contributed by atoms with Crippen LogP contribution in [0.5, 0.6) is 5.06 Å². The number of fused-ring (bicyclic) bond motifs is 1. The lowest BCUT2D eigenvalue weighted by Crippen LogP contribution is -2.47. The molecule has 190 valence electrons. The number of imidazole rings is 1. The Balaban J connectivity index is 1.42. The molecule has 0 spiro atoms. The summed E-state index contributed by atoms with van der Waals surface area (Å²) < 4.78 is 12.7. The van der Waals surface area contributed by atoms with Crippen LogP contribution in [0.1, 0.15) is 43.0 Å². The summed E-state index contributed by atoms with van der Waals surface area (Å²) in [4.78, 5) is 32.2. The van der Waals surface area contributed by atoms with E-state index in [2.05, 4.69) is 34.2 Å². The van der Waals surface area contributed by atoms with E-state index in [1.165, 1.54) is 11.3 Å². The maximum Gasteiger partial charge on any atom is 0.512 e. The van der Waals surface area contributed by atoms with Gasteiger partial charge < -0.3 is 29.2 Å². The largest absolute Gasteiger partial charge is 0.512 e. The molecule has 4 aromatic heterocycles. The Morgan fingerprint density at radius 2 is 2.11 bits per heavy atom. The number of thiophene rings is 2. The lowest BCUT2D eigenvalue weighted by molar-refractivity contribution is 0.0886. The van der Waals surface area contributed by atoms with Gasteiger partial charge in [-0.05, 0) is 38.8 Å². The number of ether oxygens (including phenoxy) is 1. The number of carbonyl (C=O) groups excluding carboxylic acids is 1. The average molecular weight is 550 g/mol. The van der Waals surface area contributed by atoms with Gasteiger partial charge in [0.25, 0.3) is 5.91 Å². The summed E-state index contributed by atoms with van der Waals surface area (Å²) in [5, 5.41) is 18.2. The van der Waals surface area contributed by atoms with E-state index >= 15 is 0 Å². The Morgan fingerprint density at radius 1 is 1.33 bits per heavy atom. The summed E-state index contributed by atoms with van der Waals surface area (Å²) in [6.45, 7) is 6.37. The van der Waals surface area contributed by atoms with Crippen LogP contribution in [0.4, 0.5) is 4.79 Å². The molecule has 13 heteroatoms. The molecule has 0 aromatic carbocycles. The van der Waals surface area contributed by atoms with E-state index in [0.717, 1.165) is 42.1 Å². The second kappa shape index (κ2) is 10.2. The van der Waals surface area contributed by atoms with Gasteiger partial charge in [-0.3, -0.25) is 4.79 Å². The van der Waals surface area contributed by atoms with Gasteiger partial charge >= 0.3 is 6.16 Å². The maximum absolute atomic E-state index is 13.4. The smallest absolute Gasteiger partial charge is 0.449 e. The molecule has 36 heavy (non-hydrogen) atoms. The Kier molecular flexibility index (Phi) is 7.02. The van der Waals surface area contributed by atoms with Gasteiger partial charge in [0.2, 0.25) is 10.9 Å². The van der Waals surface area contributed by atoms with E-state index in [9.17, 15) is 9.59 Å². The predicted molar refractivity (Wildman–Crippen MR) is 137 cm³/mol. The van der Waals surface area contributed by atoms with Crippen LogP contribution < -0.4 is 10.1 Å². The van der Waals surface area contributed by atoms with Crippen LogP contribution in [0.2, 0.25) is 4.34 Å². The van der Waals surface area contributed by atoms with Crippen molar-refractivity contribution in [2.45, 2.75) is 45.3 Å². The highest BCUT2D eigenvalue weighted by Gasteiger charge is 2.27. The second-order valence-corrected chi connectivity index (χ2v) is 11.4. The van der Waals surface area contributed by atoms with Crippen LogP contribution in [0.15, 0.2) is 28.1 Å². The van der Waals surface area contributed by atoms with Crippen molar-refractivity contribution in [3.8, 4) is 15.7 Å². The first-order valence-corrected chi connectivity index (χ1v) is 13.5. The van der Waals surface area contributed by atoms with Crippen molar-refractivity contribution in [1.29, 1.82) is 0 Å². The molecular weight excluding hydrogens is 526 g/mol. The molecule has 10 nitrogen and oxygen atoms in total. The number of amides is 1. The van der Waals surface area contributed by atoms with Crippen molar-refractivity contribution in [3.05, 3.63) is 39.4 Å². The molecule has 1 aliphatic rings. The molecule has 4 aromatic rings. The Bertz CT molecular complexity index is 1400. The van der Waals surface area contributed by atoms with E-state index in [4.69, 9.17) is 26.0 Å². The Hall–Kier alpha value is -2.93. The van der Waals surface area contributed by atoms with Gasteiger partial charge in [0.05, 0.1) is 21.3 Å². The highest BCUT2D eigenvalue weighted by Crippen LogP contribution is 2.35. The first-order chi connectivity index (χ1) is 17.3. The van der Waals surface area contributed by atoms with Gasteiger partial charge in [0.1, 0.15) is 11.2 Å². The molecule has 1 amide bonds. The van der Waals surface area contributed by atoms with Gasteiger partial charge in [0.15, 0.2) is 5.76 Å². The lowest BCUT2D eigenvalue weighted by atomic mass is 10.0. The first-order valence-electron chi connectivity index (χ1n) is 11.4. The van der Waals surface area contributed by atoms with Gasteiger partial charge in [-0.2, -0.15) is 0 Å². The number of aromatic nitrogens is 3. The summed E-state index contributed by atoms with van der Waals surface area (Å²) in [5.74, 6) is 0.411. The highest BCUT2D eigenvalue weighted by atomic mass is 35.5. The van der Waals surface area contributed by atoms with Crippen molar-refractivity contribution in [1.82, 2.24) is 24.9 Å². The topological polar surface area (TPSA) is 123 Å². The zero-order valence-corrected chi connectivity index (χ0v) is 22.0. The van der Waals surface area contributed by atoms with Crippen molar-refractivity contribution in [2.75, 3.05) is 13.1 Å². The molecule has 5 rings (SSSR count). The molecule has 0 aliphatic carbocycles. The third-order valence-corrected chi connectivity index (χ3v) is 8.23. The third-order valence-electron chi connectivity index (χ3n) is 6.15. The minimum absolute atomic E-state index is 0.0341. The van der Waals surface area contributed by atoms with E-state index in [1.54, 1.807) is 22.1 Å². The van der Waals surface area contributed by atoms with E-state index in [0.29, 0.717) is 32.9 Å². The van der Waals surface area contributed by atoms with Gasteiger partial charge in [-0.1, -0.05) is 16.8 Å². The van der Waals surface area contributed by atoms with Crippen LogP contribution in [0.3, 0.4) is 0 Å². The molecule has 0 atom stereocenters. The van der Waals surface area contributed by atoms with E-state index < -0.39 is 6.16 Å². The number of halogens is 1. The number of piperidine rings is 1. The molecule has 0 radical (unpaired) electrons. The van der Waals surface area contributed by atoms with Crippen molar-refractivity contribution < 1.29 is 24.0 Å². The van der Waals surface area contributed by atoms with Gasteiger partial charge in [0, 0.05) is 36.6 Å². The van der Waals surface area contributed by atoms with E-state index in [-0.39, 0.29) is 29.4 Å². The first kappa shape index (κ1) is 24.8. The van der Waals surface area contributed by atoms with Gasteiger partial charge in [-0.15, -0.1) is 22.7 Å². The molecular formula is C23H24ClN5O5S2.